The molecule has 0 saturated carbocycles. The molecule has 3 aliphatic heterocycles. The van der Waals surface area contributed by atoms with E-state index >= 15 is 0 Å². The van der Waals surface area contributed by atoms with Crippen LogP contribution in [0.25, 0.3) is 0 Å². The summed E-state index contributed by atoms with van der Waals surface area (Å²) >= 11 is 0. The van der Waals surface area contributed by atoms with Gasteiger partial charge in [0.2, 0.25) is 6.79 Å². The van der Waals surface area contributed by atoms with Gasteiger partial charge in [0.05, 0.1) is 32.1 Å². The number of allylic oxidation sites excluding steroid dienone is 1. The molecule has 5 rings (SSSR count). The number of benzene rings is 1. The molecule has 1 N–H and O–H groups in total. The zero-order chi connectivity index (χ0) is 25.7. The van der Waals surface area contributed by atoms with Crippen molar-refractivity contribution in [2.75, 3.05) is 34.1 Å². The number of hydrogen-bond donors (Lipinski definition) is 1. The Morgan fingerprint density at radius 3 is 2.67 bits per heavy atom. The van der Waals surface area contributed by atoms with E-state index in [0.29, 0.717) is 17.9 Å². The van der Waals surface area contributed by atoms with Gasteiger partial charge in [-0.15, -0.1) is 0 Å². The smallest absolute Gasteiger partial charge is 0.308 e. The Bertz CT molecular complexity index is 1080. The first-order valence-corrected chi connectivity index (χ1v) is 13.0. The number of carbonyl (C=O) groups is 2. The van der Waals surface area contributed by atoms with Crippen molar-refractivity contribution in [1.82, 2.24) is 4.90 Å². The van der Waals surface area contributed by atoms with Gasteiger partial charge in [-0.1, -0.05) is 13.8 Å². The molecule has 4 aliphatic rings. The maximum absolute atomic E-state index is 14.4. The maximum Gasteiger partial charge on any atom is 0.308 e. The Kier molecular flexibility index (Phi) is 6.53. The summed E-state index contributed by atoms with van der Waals surface area (Å²) in [5.41, 5.74) is -0.0819. The second kappa shape index (κ2) is 9.38. The van der Waals surface area contributed by atoms with Gasteiger partial charge in [-0.3, -0.25) is 14.5 Å². The predicted octanol–water partition coefficient (Wildman–Crippen LogP) is 3.35. The first kappa shape index (κ1) is 25.1. The van der Waals surface area contributed by atoms with Gasteiger partial charge in [-0.25, -0.2) is 0 Å². The lowest BCUT2D eigenvalue weighted by Crippen LogP contribution is -2.51. The summed E-state index contributed by atoms with van der Waals surface area (Å²) in [6.45, 7) is 6.05. The first-order valence-electron chi connectivity index (χ1n) is 13.0. The number of methoxy groups -OCH3 is 2. The Labute approximate surface area is 212 Å². The maximum atomic E-state index is 14.4. The third kappa shape index (κ3) is 3.98. The molecule has 8 heteroatoms. The molecule has 0 aromatic heterocycles. The van der Waals surface area contributed by atoms with E-state index in [0.717, 1.165) is 49.2 Å². The third-order valence-corrected chi connectivity index (χ3v) is 8.56. The summed E-state index contributed by atoms with van der Waals surface area (Å²) in [5, 5.41) is 11.8. The highest BCUT2D eigenvalue weighted by Gasteiger charge is 2.60. The lowest BCUT2D eigenvalue weighted by Gasteiger charge is -2.41. The molecule has 3 heterocycles. The molecule has 0 radical (unpaired) electrons. The molecular weight excluding hydrogens is 462 g/mol. The van der Waals surface area contributed by atoms with Crippen molar-refractivity contribution in [3.05, 3.63) is 35.1 Å². The number of esters is 1. The Hall–Kier alpha value is -2.58. The van der Waals surface area contributed by atoms with Gasteiger partial charge in [0, 0.05) is 12.5 Å². The number of rotatable bonds is 8. The molecule has 1 saturated heterocycles. The van der Waals surface area contributed by atoms with E-state index in [2.05, 4.69) is 11.0 Å². The topological polar surface area (TPSA) is 94.5 Å². The van der Waals surface area contributed by atoms with Crippen LogP contribution in [0, 0.1) is 11.8 Å². The van der Waals surface area contributed by atoms with Crippen molar-refractivity contribution in [1.29, 1.82) is 0 Å². The normalized spacial score (nSPS) is 28.0. The second-order valence-corrected chi connectivity index (χ2v) is 11.0. The summed E-state index contributed by atoms with van der Waals surface area (Å²) in [6, 6.07) is 4.06. The van der Waals surface area contributed by atoms with Crippen molar-refractivity contribution in [3.8, 4) is 11.5 Å². The molecule has 0 amide bonds. The summed E-state index contributed by atoms with van der Waals surface area (Å²) in [7, 11) is 2.86. The molecule has 36 heavy (non-hydrogen) atoms. The van der Waals surface area contributed by atoms with E-state index in [1.165, 1.54) is 7.11 Å². The molecule has 8 nitrogen and oxygen atoms in total. The van der Waals surface area contributed by atoms with Gasteiger partial charge in [0.1, 0.15) is 11.4 Å². The Balaban J connectivity index is 1.63. The van der Waals surface area contributed by atoms with Crippen LogP contribution in [-0.2, 0) is 25.5 Å². The van der Waals surface area contributed by atoms with Crippen LogP contribution in [0.2, 0.25) is 0 Å². The molecule has 1 spiro atoms. The van der Waals surface area contributed by atoms with E-state index in [9.17, 15) is 14.7 Å². The van der Waals surface area contributed by atoms with Crippen LogP contribution in [0.3, 0.4) is 0 Å². The predicted molar refractivity (Wildman–Crippen MR) is 132 cm³/mol. The van der Waals surface area contributed by atoms with Gasteiger partial charge >= 0.3 is 5.97 Å². The van der Waals surface area contributed by atoms with Crippen LogP contribution in [0.5, 0.6) is 11.5 Å². The van der Waals surface area contributed by atoms with Gasteiger partial charge in [-0.05, 0) is 73.9 Å². The Morgan fingerprint density at radius 2 is 1.97 bits per heavy atom. The molecule has 4 atom stereocenters. The van der Waals surface area contributed by atoms with Crippen LogP contribution < -0.4 is 9.47 Å². The van der Waals surface area contributed by atoms with Gasteiger partial charge in [-0.2, -0.15) is 0 Å². The largest absolute Gasteiger partial charge is 0.501 e. The minimum Gasteiger partial charge on any atom is -0.501 e. The van der Waals surface area contributed by atoms with Gasteiger partial charge in [0.15, 0.2) is 17.3 Å². The number of aliphatic hydroxyl groups is 1. The van der Waals surface area contributed by atoms with Crippen LogP contribution in [0.4, 0.5) is 0 Å². The van der Waals surface area contributed by atoms with Gasteiger partial charge < -0.3 is 24.1 Å². The minimum absolute atomic E-state index is 0.179. The van der Waals surface area contributed by atoms with E-state index in [-0.39, 0.29) is 37.3 Å². The number of fused-ring (bicyclic) bond motifs is 3. The number of carbonyl (C=O) groups excluding carboxylic acids is 2. The van der Waals surface area contributed by atoms with E-state index in [4.69, 9.17) is 18.9 Å². The number of ether oxygens (including phenoxy) is 4. The van der Waals surface area contributed by atoms with Crippen LogP contribution in [-0.4, -0.2) is 67.0 Å². The molecule has 0 bridgehead atoms. The van der Waals surface area contributed by atoms with Crippen molar-refractivity contribution in [3.63, 3.8) is 0 Å². The zero-order valence-corrected chi connectivity index (χ0v) is 21.7. The second-order valence-electron chi connectivity index (χ2n) is 11.0. The number of ketones is 1. The lowest BCUT2D eigenvalue weighted by atomic mass is 9.69. The number of Topliss-reactive ketones (excluding diaryl/α,β-unsaturated/α-hetero) is 1. The van der Waals surface area contributed by atoms with Crippen molar-refractivity contribution in [2.45, 2.75) is 69.4 Å². The summed E-state index contributed by atoms with van der Waals surface area (Å²) in [4.78, 5) is 29.3. The van der Waals surface area contributed by atoms with Crippen LogP contribution in [0.15, 0.2) is 24.0 Å². The highest BCUT2D eigenvalue weighted by Crippen LogP contribution is 2.58. The highest BCUT2D eigenvalue weighted by molar-refractivity contribution is 5.96. The molecule has 1 aromatic carbocycles. The average Bonchev–Trinajstić information content (AvgIpc) is 3.55. The third-order valence-electron chi connectivity index (χ3n) is 8.56. The van der Waals surface area contributed by atoms with E-state index in [1.807, 2.05) is 26.0 Å². The monoisotopic (exact) mass is 499 g/mol. The van der Waals surface area contributed by atoms with Crippen LogP contribution >= 0.6 is 0 Å². The van der Waals surface area contributed by atoms with Crippen molar-refractivity contribution >= 4 is 11.8 Å². The molecule has 1 fully saturated rings. The summed E-state index contributed by atoms with van der Waals surface area (Å²) in [6.07, 6.45) is 5.28. The lowest BCUT2D eigenvalue weighted by molar-refractivity contribution is -0.156. The molecule has 196 valence electrons. The first-order chi connectivity index (χ1) is 17.2. The molecule has 0 unspecified atom stereocenters. The van der Waals surface area contributed by atoms with E-state index in [1.54, 1.807) is 7.11 Å². The molecular formula is C28H37NO7. The number of nitrogens with zero attached hydrogens (tertiary/aromatic N) is 1. The van der Waals surface area contributed by atoms with Crippen molar-refractivity contribution in [2.24, 2.45) is 11.8 Å². The fraction of sp³-hybridized carbons (Fsp3) is 0.643. The standard InChI is InChI=1S/C28H37NO7/c1-17(2)6-9-28(32,15-23(30)34-4)26(31)24-22(33-3)14-27-8-5-10-29(27)11-7-18-12-20-21(36-16-35-20)13-19(18)25(24)27/h12-14,17,24-25,32H,5-11,15-16H2,1-4H3/t24-,25-,27+,28-/m1/s1. The average molecular weight is 500 g/mol. The van der Waals surface area contributed by atoms with Crippen LogP contribution in [0.1, 0.15) is 63.0 Å². The fourth-order valence-corrected chi connectivity index (χ4v) is 6.74. The molecule has 1 aromatic rings. The summed E-state index contributed by atoms with van der Waals surface area (Å²) < 4.78 is 22.1. The Morgan fingerprint density at radius 1 is 1.22 bits per heavy atom. The van der Waals surface area contributed by atoms with Gasteiger partial charge in [0.25, 0.3) is 0 Å². The zero-order valence-electron chi connectivity index (χ0n) is 21.7. The highest BCUT2D eigenvalue weighted by atomic mass is 16.7. The minimum atomic E-state index is -1.85. The number of hydrogen-bond acceptors (Lipinski definition) is 8. The fourth-order valence-electron chi connectivity index (χ4n) is 6.74. The van der Waals surface area contributed by atoms with Crippen molar-refractivity contribution < 1.29 is 33.6 Å². The quantitative estimate of drug-likeness (QED) is 0.545. The van der Waals surface area contributed by atoms with E-state index < -0.39 is 23.0 Å². The SMILES string of the molecule is COC(=O)C[C@](O)(CCC(C)C)C(=O)[C@@H]1C(OC)=C[C@]23CCCN2CCc2cc4c(cc2[C@H]13)OCO4. The summed E-state index contributed by atoms with van der Waals surface area (Å²) in [5.74, 6) is 0.265. The molecule has 1 aliphatic carbocycles.